The normalized spacial score (nSPS) is 14.4. The average molecular weight is 549 g/mol. The van der Waals surface area contributed by atoms with Crippen LogP contribution in [-0.2, 0) is 6.54 Å². The van der Waals surface area contributed by atoms with Crippen LogP contribution in [0, 0.1) is 11.6 Å². The molecule has 0 radical (unpaired) electrons. The zero-order valence-electron chi connectivity index (χ0n) is 20.7. The number of imidazole rings is 1. The first-order valence-electron chi connectivity index (χ1n) is 12.6. The van der Waals surface area contributed by atoms with Gasteiger partial charge in [0, 0.05) is 41.3 Å². The lowest BCUT2D eigenvalue weighted by molar-refractivity contribution is 0.0696. The van der Waals surface area contributed by atoms with Gasteiger partial charge in [0.15, 0.2) is 17.4 Å². The van der Waals surface area contributed by atoms with Crippen molar-refractivity contribution in [2.75, 3.05) is 13.1 Å². The quantitative estimate of drug-likeness (QED) is 0.291. The fourth-order valence-electron chi connectivity index (χ4n) is 5.42. The first-order chi connectivity index (χ1) is 18.8. The second kappa shape index (κ2) is 9.81. The highest BCUT2D eigenvalue weighted by Crippen LogP contribution is 2.30. The third-order valence-electron chi connectivity index (χ3n) is 7.37. The molecule has 1 N–H and O–H groups in total. The average Bonchev–Trinajstić information content (AvgIpc) is 3.46. The molecule has 1 fully saturated rings. The van der Waals surface area contributed by atoms with E-state index in [0.29, 0.717) is 47.4 Å². The van der Waals surface area contributed by atoms with Crippen LogP contribution in [0.15, 0.2) is 71.7 Å². The largest absolute Gasteiger partial charge is 0.339 e. The number of aromatic amines is 1. The number of piperidine rings is 1. The summed E-state index contributed by atoms with van der Waals surface area (Å²) in [6.07, 6.45) is 2.84. The number of carbonyl (C=O) groups is 2. The van der Waals surface area contributed by atoms with Crippen LogP contribution in [0.1, 0.15) is 39.6 Å². The summed E-state index contributed by atoms with van der Waals surface area (Å²) in [5.41, 5.74) is 2.50. The molecule has 1 amide bonds. The Balaban J connectivity index is 1.25. The van der Waals surface area contributed by atoms with Gasteiger partial charge < -0.3 is 14.5 Å². The number of hydrogen-bond acceptors (Lipinski definition) is 3. The van der Waals surface area contributed by atoms with Crippen molar-refractivity contribution in [1.29, 1.82) is 0 Å². The maximum absolute atomic E-state index is 13.7. The summed E-state index contributed by atoms with van der Waals surface area (Å²) in [4.78, 5) is 43.8. The number of aromatic nitrogens is 3. The number of nitrogens with one attached hydrogen (secondary N) is 1. The fraction of sp³-hybridized carbons (Fsp3) is 0.207. The van der Waals surface area contributed by atoms with Gasteiger partial charge in [-0.15, -0.1) is 0 Å². The summed E-state index contributed by atoms with van der Waals surface area (Å²) in [7, 11) is 0. The highest BCUT2D eigenvalue weighted by Gasteiger charge is 2.28. The molecule has 7 nitrogen and oxygen atoms in total. The number of carbonyl (C=O) groups excluding carboxylic acids is 2. The minimum atomic E-state index is -1.10. The molecule has 1 aliphatic heterocycles. The Kier molecular flexibility index (Phi) is 6.31. The van der Waals surface area contributed by atoms with Gasteiger partial charge in [0.2, 0.25) is 0 Å². The van der Waals surface area contributed by atoms with Gasteiger partial charge in [-0.25, -0.2) is 13.6 Å². The molecule has 39 heavy (non-hydrogen) atoms. The number of Topliss-reactive ketones (excluding diaryl/α,β-unsaturated/α-hetero) is 1. The van der Waals surface area contributed by atoms with Crippen molar-refractivity contribution in [3.63, 3.8) is 0 Å². The lowest BCUT2D eigenvalue weighted by Gasteiger charge is -2.32. The predicted octanol–water partition coefficient (Wildman–Crippen LogP) is 5.58. The van der Waals surface area contributed by atoms with E-state index in [-0.39, 0.29) is 29.7 Å². The Morgan fingerprint density at radius 2 is 1.72 bits per heavy atom. The number of para-hydroxylation sites is 2. The predicted molar refractivity (Wildman–Crippen MR) is 144 cm³/mol. The minimum Gasteiger partial charge on any atom is -0.339 e. The van der Waals surface area contributed by atoms with E-state index in [2.05, 4.69) is 4.98 Å². The van der Waals surface area contributed by atoms with Crippen molar-refractivity contribution in [2.24, 2.45) is 0 Å². The minimum absolute atomic E-state index is 0.0280. The molecule has 198 valence electrons. The van der Waals surface area contributed by atoms with Crippen molar-refractivity contribution in [3.8, 4) is 0 Å². The maximum atomic E-state index is 13.7. The number of hydrogen-bond donors (Lipinski definition) is 1. The number of nitrogens with zero attached hydrogens (tertiary/aromatic N) is 3. The van der Waals surface area contributed by atoms with Crippen LogP contribution >= 0.6 is 11.6 Å². The van der Waals surface area contributed by atoms with Crippen LogP contribution in [0.4, 0.5) is 8.78 Å². The molecule has 0 unspecified atom stereocenters. The van der Waals surface area contributed by atoms with Gasteiger partial charge in [-0.2, -0.15) is 0 Å². The molecule has 0 spiro atoms. The van der Waals surface area contributed by atoms with Crippen LogP contribution in [0.3, 0.4) is 0 Å². The summed E-state index contributed by atoms with van der Waals surface area (Å²) >= 11 is 6.22. The molecule has 6 rings (SSSR count). The highest BCUT2D eigenvalue weighted by molar-refractivity contribution is 6.31. The molecule has 10 heteroatoms. The summed E-state index contributed by atoms with van der Waals surface area (Å²) in [5.74, 6) is -2.76. The smallest absolute Gasteiger partial charge is 0.326 e. The Labute approximate surface area is 226 Å². The Bertz CT molecular complexity index is 1810. The number of H-pyrrole nitrogens is 1. The second-order valence-corrected chi connectivity index (χ2v) is 10.2. The van der Waals surface area contributed by atoms with Crippen LogP contribution < -0.4 is 5.69 Å². The molecule has 2 aromatic heterocycles. The number of rotatable bonds is 5. The molecule has 0 aliphatic carbocycles. The van der Waals surface area contributed by atoms with E-state index >= 15 is 0 Å². The molecule has 1 aliphatic rings. The van der Waals surface area contributed by atoms with Crippen LogP contribution in [0.25, 0.3) is 21.9 Å². The summed E-state index contributed by atoms with van der Waals surface area (Å²) < 4.78 is 30.4. The number of likely N-dealkylation sites (tertiary alicyclic amines) is 1. The Morgan fingerprint density at radius 1 is 0.949 bits per heavy atom. The summed E-state index contributed by atoms with van der Waals surface area (Å²) in [6, 6.07) is 15.6. The summed E-state index contributed by atoms with van der Waals surface area (Å²) in [6.45, 7) is 0.744. The van der Waals surface area contributed by atoms with Crippen LogP contribution in [-0.4, -0.2) is 43.8 Å². The number of halogens is 3. The standard InChI is InChI=1S/C29H23ClF2N4O3/c30-18-6-7-20-21(15-35(26(20)14-18)16-27(37)17-5-8-22(31)23(32)13-17)28(38)34-11-9-19(10-12-34)36-25-4-2-1-3-24(25)33-29(36)39/h1-8,13-15,19H,9-12,16H2,(H,33,39). The first kappa shape index (κ1) is 25.1. The van der Waals surface area contributed by atoms with Gasteiger partial charge in [0.1, 0.15) is 0 Å². The van der Waals surface area contributed by atoms with Crippen molar-refractivity contribution in [2.45, 2.75) is 25.4 Å². The molecule has 3 aromatic carbocycles. The monoisotopic (exact) mass is 548 g/mol. The zero-order chi connectivity index (χ0) is 27.3. The van der Waals surface area contributed by atoms with E-state index in [9.17, 15) is 23.2 Å². The fourth-order valence-corrected chi connectivity index (χ4v) is 5.58. The number of amides is 1. The molecule has 1 saturated heterocycles. The van der Waals surface area contributed by atoms with E-state index in [4.69, 9.17) is 11.6 Å². The van der Waals surface area contributed by atoms with Crippen molar-refractivity contribution < 1.29 is 18.4 Å². The molecule has 0 saturated carbocycles. The van der Waals surface area contributed by atoms with Crippen LogP contribution in [0.2, 0.25) is 5.02 Å². The number of ketones is 1. The second-order valence-electron chi connectivity index (χ2n) is 9.72. The van der Waals surface area contributed by atoms with Crippen molar-refractivity contribution in [3.05, 3.63) is 105 Å². The Morgan fingerprint density at radius 3 is 2.49 bits per heavy atom. The molecule has 0 atom stereocenters. The number of fused-ring (bicyclic) bond motifs is 2. The Hall–Kier alpha value is -4.24. The van der Waals surface area contributed by atoms with Gasteiger partial charge in [0.05, 0.1) is 28.7 Å². The topological polar surface area (TPSA) is 80.1 Å². The van der Waals surface area contributed by atoms with Gasteiger partial charge in [0.25, 0.3) is 5.91 Å². The van der Waals surface area contributed by atoms with Gasteiger partial charge in [-0.3, -0.25) is 14.2 Å². The molecule has 3 heterocycles. The molecule has 0 bridgehead atoms. The first-order valence-corrected chi connectivity index (χ1v) is 12.9. The maximum Gasteiger partial charge on any atom is 0.326 e. The van der Waals surface area contributed by atoms with Crippen molar-refractivity contribution >= 4 is 45.2 Å². The van der Waals surface area contributed by atoms with Crippen molar-refractivity contribution in [1.82, 2.24) is 19.0 Å². The molecular weight excluding hydrogens is 526 g/mol. The molecular formula is C29H23ClF2N4O3. The lowest BCUT2D eigenvalue weighted by Crippen LogP contribution is -2.40. The van der Waals surface area contributed by atoms with E-state index < -0.39 is 17.4 Å². The van der Waals surface area contributed by atoms with E-state index in [0.717, 1.165) is 23.2 Å². The van der Waals surface area contributed by atoms with E-state index in [1.54, 1.807) is 38.4 Å². The zero-order valence-corrected chi connectivity index (χ0v) is 21.4. The SMILES string of the molecule is O=C(Cn1cc(C(=O)N2CCC(n3c(=O)[nH]c4ccccc43)CC2)c2ccc(Cl)cc21)c1ccc(F)c(F)c1. The third kappa shape index (κ3) is 4.52. The van der Waals surface area contributed by atoms with E-state index in [1.807, 2.05) is 24.3 Å². The van der Waals surface area contributed by atoms with Gasteiger partial charge in [-0.05, 0) is 55.3 Å². The third-order valence-corrected chi connectivity index (χ3v) is 7.61. The number of benzene rings is 3. The van der Waals surface area contributed by atoms with Gasteiger partial charge >= 0.3 is 5.69 Å². The lowest BCUT2D eigenvalue weighted by atomic mass is 10.0. The summed E-state index contributed by atoms with van der Waals surface area (Å²) in [5, 5.41) is 1.07. The van der Waals surface area contributed by atoms with Gasteiger partial charge in [-0.1, -0.05) is 29.8 Å². The van der Waals surface area contributed by atoms with Crippen LogP contribution in [0.5, 0.6) is 0 Å². The van der Waals surface area contributed by atoms with E-state index in [1.165, 1.54) is 6.07 Å². The highest BCUT2D eigenvalue weighted by atomic mass is 35.5. The molecule has 5 aromatic rings.